The number of aromatic nitrogens is 1. The lowest BCUT2D eigenvalue weighted by Crippen LogP contribution is -2.24. The van der Waals surface area contributed by atoms with Crippen molar-refractivity contribution in [3.63, 3.8) is 0 Å². The molecule has 1 aromatic heterocycles. The van der Waals surface area contributed by atoms with Gasteiger partial charge in [-0.3, -0.25) is 4.98 Å². The van der Waals surface area contributed by atoms with Gasteiger partial charge in [0.1, 0.15) is 0 Å². The monoisotopic (exact) mass is 262 g/mol. The van der Waals surface area contributed by atoms with Crippen molar-refractivity contribution in [1.82, 2.24) is 4.98 Å². The number of nitrogens with zero attached hydrogens (tertiary/aromatic N) is 1. The van der Waals surface area contributed by atoms with Crippen LogP contribution in [-0.2, 0) is 6.42 Å². The van der Waals surface area contributed by atoms with E-state index in [1.165, 1.54) is 5.56 Å². The number of hydrogen-bond acceptors (Lipinski definition) is 2. The molecule has 0 saturated carbocycles. The summed E-state index contributed by atoms with van der Waals surface area (Å²) >= 11 is 5.98. The van der Waals surface area contributed by atoms with Gasteiger partial charge in [0.2, 0.25) is 0 Å². The first-order chi connectivity index (χ1) is 8.56. The number of halogens is 1. The largest absolute Gasteiger partial charge is 0.327 e. The maximum absolute atomic E-state index is 6.18. The molecular formula is C15H19ClN2. The standard InChI is InChI=1S/C15H19ClN2/c1-10(2)7-13(17)8-11-5-6-18-15-9-12(16)3-4-14(11)15/h3-6,9-10,13H,7-8,17H2,1-2H3. The Labute approximate surface area is 113 Å². The molecule has 0 spiro atoms. The van der Waals surface area contributed by atoms with Crippen molar-refractivity contribution < 1.29 is 0 Å². The molecule has 2 nitrogen and oxygen atoms in total. The molecule has 18 heavy (non-hydrogen) atoms. The maximum Gasteiger partial charge on any atom is 0.0719 e. The van der Waals surface area contributed by atoms with Crippen LogP contribution < -0.4 is 5.73 Å². The molecule has 96 valence electrons. The first kappa shape index (κ1) is 13.3. The van der Waals surface area contributed by atoms with Crippen molar-refractivity contribution in [3.8, 4) is 0 Å². The molecule has 1 unspecified atom stereocenters. The van der Waals surface area contributed by atoms with Crippen LogP contribution in [0.2, 0.25) is 5.02 Å². The highest BCUT2D eigenvalue weighted by atomic mass is 35.5. The molecule has 0 fully saturated rings. The molecule has 3 heteroatoms. The van der Waals surface area contributed by atoms with Crippen molar-refractivity contribution in [1.29, 1.82) is 0 Å². The van der Waals surface area contributed by atoms with E-state index in [2.05, 4.69) is 24.9 Å². The predicted molar refractivity (Wildman–Crippen MR) is 77.9 cm³/mol. The van der Waals surface area contributed by atoms with E-state index < -0.39 is 0 Å². The van der Waals surface area contributed by atoms with Crippen molar-refractivity contribution >= 4 is 22.5 Å². The zero-order valence-corrected chi connectivity index (χ0v) is 11.6. The number of pyridine rings is 1. The molecule has 0 bridgehead atoms. The van der Waals surface area contributed by atoms with Crippen molar-refractivity contribution in [3.05, 3.63) is 41.0 Å². The fraction of sp³-hybridized carbons (Fsp3) is 0.400. The normalized spacial score (nSPS) is 13.2. The molecule has 2 rings (SSSR count). The Morgan fingerprint density at radius 1 is 1.28 bits per heavy atom. The third-order valence-electron chi connectivity index (χ3n) is 3.05. The number of fused-ring (bicyclic) bond motifs is 1. The summed E-state index contributed by atoms with van der Waals surface area (Å²) < 4.78 is 0. The van der Waals surface area contributed by atoms with Gasteiger partial charge >= 0.3 is 0 Å². The van der Waals surface area contributed by atoms with Gasteiger partial charge in [0.05, 0.1) is 5.52 Å². The molecule has 0 aliphatic carbocycles. The van der Waals surface area contributed by atoms with Crippen molar-refractivity contribution in [2.24, 2.45) is 11.7 Å². The van der Waals surface area contributed by atoms with Crippen LogP contribution in [0.15, 0.2) is 30.5 Å². The van der Waals surface area contributed by atoms with Gasteiger partial charge in [0, 0.05) is 22.6 Å². The first-order valence-corrected chi connectivity index (χ1v) is 6.73. The average Bonchev–Trinajstić information content (AvgIpc) is 2.27. The Bertz CT molecular complexity index is 537. The van der Waals surface area contributed by atoms with Crippen LogP contribution in [0.4, 0.5) is 0 Å². The van der Waals surface area contributed by atoms with E-state index in [1.54, 1.807) is 0 Å². The van der Waals surface area contributed by atoms with E-state index in [9.17, 15) is 0 Å². The molecule has 2 N–H and O–H groups in total. The fourth-order valence-corrected chi connectivity index (χ4v) is 2.50. The van der Waals surface area contributed by atoms with Crippen molar-refractivity contribution in [2.75, 3.05) is 0 Å². The van der Waals surface area contributed by atoms with E-state index in [0.717, 1.165) is 28.8 Å². The smallest absolute Gasteiger partial charge is 0.0719 e. The summed E-state index contributed by atoms with van der Waals surface area (Å²) in [6.45, 7) is 4.40. The molecule has 1 aromatic carbocycles. The summed E-state index contributed by atoms with van der Waals surface area (Å²) in [7, 11) is 0. The van der Waals surface area contributed by atoms with Gasteiger partial charge in [0.15, 0.2) is 0 Å². The topological polar surface area (TPSA) is 38.9 Å². The van der Waals surface area contributed by atoms with E-state index >= 15 is 0 Å². The van der Waals surface area contributed by atoms with Crippen LogP contribution in [0.3, 0.4) is 0 Å². The van der Waals surface area contributed by atoms with Crippen LogP contribution >= 0.6 is 11.6 Å². The quantitative estimate of drug-likeness (QED) is 0.910. The summed E-state index contributed by atoms with van der Waals surface area (Å²) in [4.78, 5) is 4.35. The Kier molecular flexibility index (Phi) is 4.20. The third kappa shape index (κ3) is 3.21. The summed E-state index contributed by atoms with van der Waals surface area (Å²) in [5.41, 5.74) is 8.38. The van der Waals surface area contributed by atoms with Gasteiger partial charge in [-0.1, -0.05) is 31.5 Å². The molecular weight excluding hydrogens is 244 g/mol. The summed E-state index contributed by atoms with van der Waals surface area (Å²) in [5.74, 6) is 0.627. The van der Waals surface area contributed by atoms with Crippen LogP contribution in [-0.4, -0.2) is 11.0 Å². The molecule has 0 saturated heterocycles. The van der Waals surface area contributed by atoms with E-state index in [0.29, 0.717) is 5.92 Å². The highest BCUT2D eigenvalue weighted by molar-refractivity contribution is 6.31. The minimum atomic E-state index is 0.200. The van der Waals surface area contributed by atoms with Crippen molar-refractivity contribution in [2.45, 2.75) is 32.7 Å². The molecule has 1 heterocycles. The average molecular weight is 263 g/mol. The minimum Gasteiger partial charge on any atom is -0.327 e. The number of nitrogens with two attached hydrogens (primary N) is 1. The van der Waals surface area contributed by atoms with Gasteiger partial charge in [-0.05, 0) is 42.5 Å². The first-order valence-electron chi connectivity index (χ1n) is 6.35. The van der Waals surface area contributed by atoms with Crippen LogP contribution in [0, 0.1) is 5.92 Å². The van der Waals surface area contributed by atoms with Gasteiger partial charge in [-0.2, -0.15) is 0 Å². The van der Waals surface area contributed by atoms with Gasteiger partial charge in [-0.25, -0.2) is 0 Å². The molecule has 2 aromatic rings. The number of benzene rings is 1. The Morgan fingerprint density at radius 3 is 2.78 bits per heavy atom. The highest BCUT2D eigenvalue weighted by Crippen LogP contribution is 2.22. The number of hydrogen-bond donors (Lipinski definition) is 1. The van der Waals surface area contributed by atoms with Crippen LogP contribution in [0.1, 0.15) is 25.8 Å². The predicted octanol–water partition coefficient (Wildman–Crippen LogP) is 3.80. The Morgan fingerprint density at radius 2 is 2.06 bits per heavy atom. The number of rotatable bonds is 4. The summed E-state index contributed by atoms with van der Waals surface area (Å²) in [6.07, 6.45) is 3.76. The summed E-state index contributed by atoms with van der Waals surface area (Å²) in [6, 6.07) is 8.09. The molecule has 0 aliphatic heterocycles. The zero-order valence-electron chi connectivity index (χ0n) is 10.9. The molecule has 0 radical (unpaired) electrons. The minimum absolute atomic E-state index is 0.200. The van der Waals surface area contributed by atoms with E-state index in [4.69, 9.17) is 17.3 Å². The van der Waals surface area contributed by atoms with E-state index in [-0.39, 0.29) is 6.04 Å². The third-order valence-corrected chi connectivity index (χ3v) is 3.29. The van der Waals surface area contributed by atoms with Gasteiger partial charge in [-0.15, -0.1) is 0 Å². The fourth-order valence-electron chi connectivity index (χ4n) is 2.33. The SMILES string of the molecule is CC(C)CC(N)Cc1ccnc2cc(Cl)ccc12. The lowest BCUT2D eigenvalue weighted by Gasteiger charge is -2.15. The zero-order chi connectivity index (χ0) is 13.1. The second kappa shape index (κ2) is 5.68. The lowest BCUT2D eigenvalue weighted by atomic mass is 9.96. The maximum atomic E-state index is 6.18. The Hall–Kier alpha value is -1.12. The van der Waals surface area contributed by atoms with E-state index in [1.807, 2.05) is 24.4 Å². The molecule has 0 aliphatic rings. The lowest BCUT2D eigenvalue weighted by molar-refractivity contribution is 0.494. The van der Waals surface area contributed by atoms with Gasteiger partial charge in [0.25, 0.3) is 0 Å². The van der Waals surface area contributed by atoms with Crippen LogP contribution in [0.25, 0.3) is 10.9 Å². The molecule has 0 amide bonds. The summed E-state index contributed by atoms with van der Waals surface area (Å²) in [5, 5.41) is 1.87. The second-order valence-electron chi connectivity index (χ2n) is 5.23. The molecule has 1 atom stereocenters. The second-order valence-corrected chi connectivity index (χ2v) is 5.66. The highest BCUT2D eigenvalue weighted by Gasteiger charge is 2.09. The van der Waals surface area contributed by atoms with Crippen LogP contribution in [0.5, 0.6) is 0 Å². The van der Waals surface area contributed by atoms with Gasteiger partial charge < -0.3 is 5.73 Å². The Balaban J connectivity index is 2.28.